The van der Waals surface area contributed by atoms with Gasteiger partial charge >= 0.3 is 6.18 Å². The smallest absolute Gasteiger partial charge is 0.323 e. The predicted molar refractivity (Wildman–Crippen MR) is 91.3 cm³/mol. The molecule has 0 fully saturated rings. The second-order valence-corrected chi connectivity index (χ2v) is 7.60. The predicted octanol–water partition coefficient (Wildman–Crippen LogP) is 3.80. The van der Waals surface area contributed by atoms with Gasteiger partial charge in [0, 0.05) is 0 Å². The van der Waals surface area contributed by atoms with Crippen molar-refractivity contribution in [2.24, 2.45) is 0 Å². The van der Waals surface area contributed by atoms with Crippen molar-refractivity contribution in [2.45, 2.75) is 24.0 Å². The summed E-state index contributed by atoms with van der Waals surface area (Å²) in [5.74, 6) is -1.57. The van der Waals surface area contributed by atoms with Crippen molar-refractivity contribution in [1.82, 2.24) is 4.72 Å². The van der Waals surface area contributed by atoms with Crippen LogP contribution in [0.15, 0.2) is 47.4 Å². The van der Waals surface area contributed by atoms with E-state index in [4.69, 9.17) is 11.6 Å². The third-order valence-corrected chi connectivity index (χ3v) is 5.29. The average Bonchev–Trinajstić information content (AvgIpc) is 2.55. The summed E-state index contributed by atoms with van der Waals surface area (Å²) in [5.41, 5.74) is -1.34. The molecule has 5 nitrogen and oxygen atoms in total. The van der Waals surface area contributed by atoms with Gasteiger partial charge in [0.15, 0.2) is 0 Å². The van der Waals surface area contributed by atoms with E-state index >= 15 is 0 Å². The molecular weight excluding hydrogens is 412 g/mol. The van der Waals surface area contributed by atoms with Crippen molar-refractivity contribution in [1.29, 1.82) is 0 Å². The fraction of sp³-hybridized carbons (Fsp3) is 0.188. The molecule has 2 N–H and O–H groups in total. The number of hydrogen-bond acceptors (Lipinski definition) is 3. The maximum Gasteiger partial charge on any atom is 0.416 e. The van der Waals surface area contributed by atoms with Crippen LogP contribution in [-0.4, -0.2) is 20.4 Å². The number of carbonyl (C=O) groups excluding carboxylic acids is 1. The van der Waals surface area contributed by atoms with Crippen LogP contribution in [0.5, 0.6) is 0 Å². The lowest BCUT2D eigenvalue weighted by molar-refractivity contribution is -0.137. The second kappa shape index (κ2) is 7.83. The van der Waals surface area contributed by atoms with Gasteiger partial charge in [0.25, 0.3) is 0 Å². The van der Waals surface area contributed by atoms with Crippen LogP contribution in [0.1, 0.15) is 12.5 Å². The van der Waals surface area contributed by atoms with Crippen molar-refractivity contribution in [3.8, 4) is 0 Å². The third-order valence-electron chi connectivity index (χ3n) is 3.40. The molecule has 1 atom stereocenters. The molecule has 0 unspecified atom stereocenters. The molecule has 0 saturated heterocycles. The van der Waals surface area contributed by atoms with Crippen molar-refractivity contribution in [3.63, 3.8) is 0 Å². The molecule has 0 aliphatic heterocycles. The molecule has 0 radical (unpaired) electrons. The SMILES string of the molecule is C[C@@H](NS(=O)(=O)c1ccc(F)cc1)C(=O)Nc1cc(C(F)(F)F)ccc1Cl. The number of hydrogen-bond donors (Lipinski definition) is 2. The summed E-state index contributed by atoms with van der Waals surface area (Å²) in [6.45, 7) is 1.19. The van der Waals surface area contributed by atoms with Crippen LogP contribution in [0, 0.1) is 5.82 Å². The molecule has 0 aliphatic carbocycles. The van der Waals surface area contributed by atoms with E-state index in [1.54, 1.807) is 0 Å². The minimum atomic E-state index is -4.64. The van der Waals surface area contributed by atoms with E-state index in [2.05, 4.69) is 5.32 Å². The molecule has 0 bridgehead atoms. The maximum absolute atomic E-state index is 12.9. The zero-order chi connectivity index (χ0) is 20.4. The largest absolute Gasteiger partial charge is 0.416 e. The molecule has 0 saturated carbocycles. The Hall–Kier alpha value is -2.17. The Labute approximate surface area is 157 Å². The molecular formula is C16H13ClF4N2O3S. The highest BCUT2D eigenvalue weighted by molar-refractivity contribution is 7.89. The van der Waals surface area contributed by atoms with Crippen LogP contribution in [0.3, 0.4) is 0 Å². The Morgan fingerprint density at radius 1 is 1.11 bits per heavy atom. The number of alkyl halides is 3. The summed E-state index contributed by atoms with van der Waals surface area (Å²) in [6, 6.07) is 4.89. The summed E-state index contributed by atoms with van der Waals surface area (Å²) in [5, 5.41) is 2.00. The monoisotopic (exact) mass is 424 g/mol. The van der Waals surface area contributed by atoms with Gasteiger partial charge in [-0.05, 0) is 49.4 Å². The van der Waals surface area contributed by atoms with Crippen LogP contribution in [0.2, 0.25) is 5.02 Å². The Kier molecular flexibility index (Phi) is 6.13. The summed E-state index contributed by atoms with van der Waals surface area (Å²) in [4.78, 5) is 11.9. The first kappa shape index (κ1) is 21.1. The molecule has 11 heteroatoms. The first-order chi connectivity index (χ1) is 12.4. The van der Waals surface area contributed by atoms with Crippen LogP contribution in [0.4, 0.5) is 23.2 Å². The van der Waals surface area contributed by atoms with E-state index < -0.39 is 39.5 Å². The van der Waals surface area contributed by atoms with Gasteiger partial charge in [-0.25, -0.2) is 12.8 Å². The van der Waals surface area contributed by atoms with E-state index in [1.807, 2.05) is 4.72 Å². The van der Waals surface area contributed by atoms with E-state index in [-0.39, 0.29) is 15.6 Å². The van der Waals surface area contributed by atoms with E-state index in [9.17, 15) is 30.8 Å². The van der Waals surface area contributed by atoms with Gasteiger partial charge in [0.2, 0.25) is 15.9 Å². The summed E-state index contributed by atoms with van der Waals surface area (Å²) in [6.07, 6.45) is -4.64. The molecule has 0 aromatic heterocycles. The number of rotatable bonds is 5. The van der Waals surface area contributed by atoms with Crippen LogP contribution >= 0.6 is 11.6 Å². The lowest BCUT2D eigenvalue weighted by atomic mass is 10.2. The van der Waals surface area contributed by atoms with Gasteiger partial charge < -0.3 is 5.32 Å². The number of anilines is 1. The average molecular weight is 425 g/mol. The number of benzene rings is 2. The number of carbonyl (C=O) groups is 1. The summed E-state index contributed by atoms with van der Waals surface area (Å²) < 4.78 is 77.6. The van der Waals surface area contributed by atoms with Crippen LogP contribution < -0.4 is 10.0 Å². The van der Waals surface area contributed by atoms with Gasteiger partial charge in [-0.1, -0.05) is 11.6 Å². The fourth-order valence-corrected chi connectivity index (χ4v) is 3.37. The van der Waals surface area contributed by atoms with Crippen molar-refractivity contribution < 1.29 is 30.8 Å². The number of amides is 1. The topological polar surface area (TPSA) is 75.3 Å². The molecule has 0 spiro atoms. The van der Waals surface area contributed by atoms with E-state index in [0.717, 1.165) is 36.4 Å². The quantitative estimate of drug-likeness (QED) is 0.717. The molecule has 27 heavy (non-hydrogen) atoms. The highest BCUT2D eigenvalue weighted by Crippen LogP contribution is 2.33. The number of halogens is 5. The van der Waals surface area contributed by atoms with Gasteiger partial charge in [0.05, 0.1) is 27.2 Å². The second-order valence-electron chi connectivity index (χ2n) is 5.48. The lowest BCUT2D eigenvalue weighted by Gasteiger charge is -2.16. The van der Waals surface area contributed by atoms with Crippen LogP contribution in [-0.2, 0) is 21.0 Å². The van der Waals surface area contributed by atoms with Crippen molar-refractivity contribution in [3.05, 3.63) is 58.9 Å². The Balaban J connectivity index is 2.15. The molecule has 2 aromatic rings. The van der Waals surface area contributed by atoms with Gasteiger partial charge in [0.1, 0.15) is 5.82 Å². The lowest BCUT2D eigenvalue weighted by Crippen LogP contribution is -2.41. The zero-order valence-electron chi connectivity index (χ0n) is 13.6. The Morgan fingerprint density at radius 2 is 1.70 bits per heavy atom. The summed E-state index contributed by atoms with van der Waals surface area (Å²) >= 11 is 5.78. The highest BCUT2D eigenvalue weighted by atomic mass is 35.5. The van der Waals surface area contributed by atoms with Gasteiger partial charge in [-0.2, -0.15) is 17.9 Å². The first-order valence-electron chi connectivity index (χ1n) is 7.35. The number of sulfonamides is 1. The molecule has 0 aliphatic rings. The maximum atomic E-state index is 12.9. The van der Waals surface area contributed by atoms with Gasteiger partial charge in [-0.3, -0.25) is 4.79 Å². The normalized spacial score (nSPS) is 13.3. The molecule has 0 heterocycles. The minimum Gasteiger partial charge on any atom is -0.323 e. The third kappa shape index (κ3) is 5.41. The molecule has 1 amide bonds. The Bertz CT molecular complexity index is 947. The highest BCUT2D eigenvalue weighted by Gasteiger charge is 2.31. The fourth-order valence-electron chi connectivity index (χ4n) is 2.01. The molecule has 2 rings (SSSR count). The number of nitrogens with one attached hydrogen (secondary N) is 2. The van der Waals surface area contributed by atoms with Crippen molar-refractivity contribution >= 4 is 33.2 Å². The van der Waals surface area contributed by atoms with E-state index in [0.29, 0.717) is 6.07 Å². The van der Waals surface area contributed by atoms with Crippen LogP contribution in [0.25, 0.3) is 0 Å². The summed E-state index contributed by atoms with van der Waals surface area (Å²) in [7, 11) is -4.15. The van der Waals surface area contributed by atoms with Gasteiger partial charge in [-0.15, -0.1) is 0 Å². The molecule has 146 valence electrons. The van der Waals surface area contributed by atoms with E-state index in [1.165, 1.54) is 6.92 Å². The zero-order valence-corrected chi connectivity index (χ0v) is 15.2. The Morgan fingerprint density at radius 3 is 2.26 bits per heavy atom. The first-order valence-corrected chi connectivity index (χ1v) is 9.22. The molecule has 2 aromatic carbocycles. The van der Waals surface area contributed by atoms with Crippen molar-refractivity contribution in [2.75, 3.05) is 5.32 Å². The minimum absolute atomic E-state index is 0.148. The standard InChI is InChI=1S/C16H13ClF4N2O3S/c1-9(23-27(25,26)12-5-3-11(18)4-6-12)15(24)22-14-8-10(16(19,20)21)2-7-13(14)17/h2-9,23H,1H3,(H,22,24)/t9-/m1/s1.